The molecule has 140 valence electrons. The first-order chi connectivity index (χ1) is 13.0. The highest BCUT2D eigenvalue weighted by atomic mass is 16.1. The van der Waals surface area contributed by atoms with Crippen molar-refractivity contribution < 1.29 is 4.79 Å². The number of amides is 1. The second kappa shape index (κ2) is 8.37. The minimum Gasteiger partial charge on any atom is -0.350 e. The lowest BCUT2D eigenvalue weighted by molar-refractivity contribution is 0.0798. The Morgan fingerprint density at radius 1 is 1.04 bits per heavy atom. The van der Waals surface area contributed by atoms with Crippen LogP contribution in [0.5, 0.6) is 0 Å². The maximum Gasteiger partial charge on any atom is 0.251 e. The van der Waals surface area contributed by atoms with Gasteiger partial charge >= 0.3 is 0 Å². The Hall–Kier alpha value is -2.64. The van der Waals surface area contributed by atoms with Gasteiger partial charge in [0.25, 0.3) is 5.91 Å². The maximum absolute atomic E-state index is 13.0. The molecule has 4 nitrogen and oxygen atoms in total. The van der Waals surface area contributed by atoms with Crippen LogP contribution < -0.4 is 5.32 Å². The van der Waals surface area contributed by atoms with Gasteiger partial charge in [0.1, 0.15) is 0 Å². The SMILES string of the molecule is CC(C)(CNC(=O)c1ccccc1-c1ccccc1C#N)N1CCCCC1. The van der Waals surface area contributed by atoms with Crippen LogP contribution in [0.15, 0.2) is 48.5 Å². The van der Waals surface area contributed by atoms with E-state index in [2.05, 4.69) is 30.1 Å². The first-order valence-corrected chi connectivity index (χ1v) is 9.65. The molecule has 1 heterocycles. The van der Waals surface area contributed by atoms with E-state index in [0.717, 1.165) is 24.2 Å². The fraction of sp³-hybridized carbons (Fsp3) is 0.391. The molecule has 2 aromatic rings. The average molecular weight is 361 g/mol. The Morgan fingerprint density at radius 3 is 2.37 bits per heavy atom. The van der Waals surface area contributed by atoms with E-state index in [1.165, 1.54) is 19.3 Å². The van der Waals surface area contributed by atoms with Gasteiger partial charge in [-0.25, -0.2) is 0 Å². The molecular formula is C23H27N3O. The molecule has 1 saturated heterocycles. The summed E-state index contributed by atoms with van der Waals surface area (Å²) in [5, 5.41) is 12.5. The van der Waals surface area contributed by atoms with Gasteiger partial charge in [-0.1, -0.05) is 42.8 Å². The van der Waals surface area contributed by atoms with Crippen molar-refractivity contribution in [3.8, 4) is 17.2 Å². The van der Waals surface area contributed by atoms with E-state index >= 15 is 0 Å². The van der Waals surface area contributed by atoms with Crippen LogP contribution in [0.4, 0.5) is 0 Å². The molecule has 27 heavy (non-hydrogen) atoms. The number of nitrogens with zero attached hydrogens (tertiary/aromatic N) is 2. The highest BCUT2D eigenvalue weighted by Crippen LogP contribution is 2.27. The van der Waals surface area contributed by atoms with Crippen LogP contribution in [0.2, 0.25) is 0 Å². The zero-order valence-electron chi connectivity index (χ0n) is 16.2. The van der Waals surface area contributed by atoms with Gasteiger partial charge in [-0.2, -0.15) is 5.26 Å². The van der Waals surface area contributed by atoms with Gasteiger partial charge in [-0.05, 0) is 57.5 Å². The second-order valence-electron chi connectivity index (χ2n) is 7.75. The molecule has 0 radical (unpaired) electrons. The van der Waals surface area contributed by atoms with E-state index in [9.17, 15) is 10.1 Å². The van der Waals surface area contributed by atoms with Gasteiger partial charge in [0.05, 0.1) is 11.6 Å². The molecule has 4 heteroatoms. The number of carbonyl (C=O) groups is 1. The highest BCUT2D eigenvalue weighted by molar-refractivity contribution is 6.01. The van der Waals surface area contributed by atoms with Gasteiger partial charge in [0.2, 0.25) is 0 Å². The minimum atomic E-state index is -0.0940. The number of benzene rings is 2. The van der Waals surface area contributed by atoms with Crippen molar-refractivity contribution in [1.82, 2.24) is 10.2 Å². The van der Waals surface area contributed by atoms with Crippen LogP contribution in [-0.4, -0.2) is 36.0 Å². The van der Waals surface area contributed by atoms with E-state index in [1.807, 2.05) is 42.5 Å². The summed E-state index contributed by atoms with van der Waals surface area (Å²) in [7, 11) is 0. The molecule has 0 unspecified atom stereocenters. The van der Waals surface area contributed by atoms with Crippen molar-refractivity contribution in [1.29, 1.82) is 5.26 Å². The largest absolute Gasteiger partial charge is 0.350 e. The number of likely N-dealkylation sites (tertiary alicyclic amines) is 1. The summed E-state index contributed by atoms with van der Waals surface area (Å²) in [6, 6.07) is 17.1. The molecule has 0 aromatic heterocycles. The fourth-order valence-corrected chi connectivity index (χ4v) is 3.73. The highest BCUT2D eigenvalue weighted by Gasteiger charge is 2.28. The number of piperidine rings is 1. The molecule has 0 atom stereocenters. The fourth-order valence-electron chi connectivity index (χ4n) is 3.73. The molecule has 1 N–H and O–H groups in total. The van der Waals surface area contributed by atoms with Gasteiger partial charge in [0, 0.05) is 23.2 Å². The second-order valence-corrected chi connectivity index (χ2v) is 7.75. The summed E-state index contributed by atoms with van der Waals surface area (Å²) in [5.74, 6) is -0.0940. The maximum atomic E-state index is 13.0. The molecule has 1 aliphatic rings. The van der Waals surface area contributed by atoms with Gasteiger partial charge in [-0.15, -0.1) is 0 Å². The first kappa shape index (κ1) is 19.1. The van der Waals surface area contributed by atoms with Crippen molar-refractivity contribution >= 4 is 5.91 Å². The van der Waals surface area contributed by atoms with Gasteiger partial charge in [0.15, 0.2) is 0 Å². The normalized spacial score (nSPS) is 15.1. The number of nitriles is 1. The third-order valence-electron chi connectivity index (χ3n) is 5.40. The van der Waals surface area contributed by atoms with Crippen LogP contribution in [0.25, 0.3) is 11.1 Å². The number of carbonyl (C=O) groups excluding carboxylic acids is 1. The topological polar surface area (TPSA) is 56.1 Å². The summed E-state index contributed by atoms with van der Waals surface area (Å²) in [5.41, 5.74) is 2.69. The van der Waals surface area contributed by atoms with Crippen molar-refractivity contribution in [2.45, 2.75) is 38.6 Å². The Morgan fingerprint density at radius 2 is 1.67 bits per heavy atom. The molecule has 1 fully saturated rings. The van der Waals surface area contributed by atoms with Crippen LogP contribution in [0.1, 0.15) is 49.0 Å². The Balaban J connectivity index is 1.79. The summed E-state index contributed by atoms with van der Waals surface area (Å²) in [6.07, 6.45) is 3.75. The van der Waals surface area contributed by atoms with Crippen molar-refractivity contribution in [3.63, 3.8) is 0 Å². The monoisotopic (exact) mass is 361 g/mol. The van der Waals surface area contributed by atoms with Crippen LogP contribution in [0, 0.1) is 11.3 Å². The summed E-state index contributed by atoms with van der Waals surface area (Å²) >= 11 is 0. The van der Waals surface area contributed by atoms with Crippen LogP contribution in [-0.2, 0) is 0 Å². The Labute approximate surface area is 161 Å². The zero-order chi connectivity index (χ0) is 19.3. The van der Waals surface area contributed by atoms with Crippen LogP contribution in [0.3, 0.4) is 0 Å². The zero-order valence-corrected chi connectivity index (χ0v) is 16.2. The third kappa shape index (κ3) is 4.37. The molecule has 1 amide bonds. The van der Waals surface area contributed by atoms with Crippen molar-refractivity contribution in [3.05, 3.63) is 59.7 Å². The molecule has 0 aliphatic carbocycles. The molecule has 1 aliphatic heterocycles. The van der Waals surface area contributed by atoms with E-state index in [0.29, 0.717) is 17.7 Å². The van der Waals surface area contributed by atoms with E-state index in [4.69, 9.17) is 0 Å². The molecular weight excluding hydrogens is 334 g/mol. The molecule has 2 aromatic carbocycles. The standard InChI is InChI=1S/C23H27N3O/c1-23(2,26-14-8-3-9-15-26)17-25-22(27)21-13-7-6-12-20(21)19-11-5-4-10-18(19)16-24/h4-7,10-13H,3,8-9,14-15,17H2,1-2H3,(H,25,27). The molecule has 0 spiro atoms. The molecule has 3 rings (SSSR count). The van der Waals surface area contributed by atoms with E-state index in [-0.39, 0.29) is 11.4 Å². The number of rotatable bonds is 5. The minimum absolute atomic E-state index is 0.0738. The Bertz CT molecular complexity index is 845. The smallest absolute Gasteiger partial charge is 0.251 e. The lowest BCUT2D eigenvalue weighted by Gasteiger charge is -2.41. The quantitative estimate of drug-likeness (QED) is 0.867. The number of nitrogens with one attached hydrogen (secondary N) is 1. The Kier molecular flexibility index (Phi) is 5.93. The predicted octanol–water partition coefficient (Wildman–Crippen LogP) is 4.22. The van der Waals surface area contributed by atoms with Gasteiger partial charge in [-0.3, -0.25) is 9.69 Å². The van der Waals surface area contributed by atoms with Crippen LogP contribution >= 0.6 is 0 Å². The average Bonchev–Trinajstić information content (AvgIpc) is 2.72. The molecule has 0 bridgehead atoms. The van der Waals surface area contributed by atoms with Crippen molar-refractivity contribution in [2.75, 3.05) is 19.6 Å². The van der Waals surface area contributed by atoms with E-state index in [1.54, 1.807) is 6.07 Å². The first-order valence-electron chi connectivity index (χ1n) is 9.65. The summed E-state index contributed by atoms with van der Waals surface area (Å²) in [6.45, 7) is 7.16. The van der Waals surface area contributed by atoms with Crippen molar-refractivity contribution in [2.24, 2.45) is 0 Å². The van der Waals surface area contributed by atoms with E-state index < -0.39 is 0 Å². The lowest BCUT2D eigenvalue weighted by Crippen LogP contribution is -2.53. The predicted molar refractivity (Wildman–Crippen MR) is 108 cm³/mol. The summed E-state index contributed by atoms with van der Waals surface area (Å²) < 4.78 is 0. The number of hydrogen-bond donors (Lipinski definition) is 1. The number of hydrogen-bond acceptors (Lipinski definition) is 3. The molecule has 0 saturated carbocycles. The lowest BCUT2D eigenvalue weighted by atomic mass is 9.95. The van der Waals surface area contributed by atoms with Gasteiger partial charge < -0.3 is 5.32 Å². The summed E-state index contributed by atoms with van der Waals surface area (Å²) in [4.78, 5) is 15.4. The third-order valence-corrected chi connectivity index (χ3v) is 5.40.